The quantitative estimate of drug-likeness (QED) is 0.684. The highest BCUT2D eigenvalue weighted by Crippen LogP contribution is 2.13. The molecule has 0 spiro atoms. The molecule has 1 unspecified atom stereocenters. The number of hydrogen-bond acceptors (Lipinski definition) is 3. The first kappa shape index (κ1) is 15.0. The number of rotatable bonds is 9. The van der Waals surface area contributed by atoms with Gasteiger partial charge in [-0.2, -0.15) is 0 Å². The van der Waals surface area contributed by atoms with E-state index in [0.717, 1.165) is 38.3 Å². The summed E-state index contributed by atoms with van der Waals surface area (Å²) in [4.78, 5) is 0. The van der Waals surface area contributed by atoms with Gasteiger partial charge < -0.3 is 14.8 Å². The summed E-state index contributed by atoms with van der Waals surface area (Å²) in [5.74, 6) is 0.910. The Morgan fingerprint density at radius 3 is 2.44 bits per heavy atom. The van der Waals surface area contributed by atoms with E-state index in [0.29, 0.717) is 6.04 Å². The summed E-state index contributed by atoms with van der Waals surface area (Å²) >= 11 is 0. The Morgan fingerprint density at radius 1 is 1.17 bits per heavy atom. The largest absolute Gasteiger partial charge is 0.497 e. The summed E-state index contributed by atoms with van der Waals surface area (Å²) in [7, 11) is 1.69. The maximum atomic E-state index is 5.42. The third-order valence-corrected chi connectivity index (χ3v) is 2.95. The zero-order valence-electron chi connectivity index (χ0n) is 11.7. The number of hydrogen-bond donors (Lipinski definition) is 1. The van der Waals surface area contributed by atoms with E-state index >= 15 is 0 Å². The predicted molar refractivity (Wildman–Crippen MR) is 75.3 cm³/mol. The van der Waals surface area contributed by atoms with Crippen LogP contribution >= 0.6 is 0 Å². The first-order valence-corrected chi connectivity index (χ1v) is 6.74. The minimum absolute atomic E-state index is 0.481. The van der Waals surface area contributed by atoms with Crippen LogP contribution in [-0.2, 0) is 11.2 Å². The van der Waals surface area contributed by atoms with Crippen LogP contribution in [0.3, 0.4) is 0 Å². The molecule has 0 radical (unpaired) electrons. The van der Waals surface area contributed by atoms with E-state index in [4.69, 9.17) is 9.47 Å². The van der Waals surface area contributed by atoms with Crippen LogP contribution in [0.25, 0.3) is 0 Å². The van der Waals surface area contributed by atoms with Crippen LogP contribution in [-0.4, -0.2) is 32.9 Å². The fraction of sp³-hybridized carbons (Fsp3) is 0.600. The van der Waals surface area contributed by atoms with Crippen molar-refractivity contribution < 1.29 is 9.47 Å². The third kappa shape index (κ3) is 5.52. The van der Waals surface area contributed by atoms with Crippen molar-refractivity contribution >= 4 is 0 Å². The molecule has 0 heterocycles. The van der Waals surface area contributed by atoms with Crippen molar-refractivity contribution in [3.05, 3.63) is 29.8 Å². The maximum Gasteiger partial charge on any atom is 0.118 e. The second-order valence-electron chi connectivity index (χ2n) is 4.29. The first-order chi connectivity index (χ1) is 8.80. The molecule has 3 nitrogen and oxygen atoms in total. The van der Waals surface area contributed by atoms with Gasteiger partial charge in [0.2, 0.25) is 0 Å². The van der Waals surface area contributed by atoms with Gasteiger partial charge in [0.25, 0.3) is 0 Å². The minimum atomic E-state index is 0.481. The number of methoxy groups -OCH3 is 1. The standard InChI is InChI=1S/C15H25NO2/c1-4-16-14(10-11-18-5-2)12-13-6-8-15(17-3)9-7-13/h6-9,14,16H,4-5,10-12H2,1-3H3. The first-order valence-electron chi connectivity index (χ1n) is 6.74. The fourth-order valence-electron chi connectivity index (χ4n) is 1.98. The molecule has 0 saturated carbocycles. The highest BCUT2D eigenvalue weighted by Gasteiger charge is 2.08. The lowest BCUT2D eigenvalue weighted by molar-refractivity contribution is 0.136. The number of ether oxygens (including phenoxy) is 2. The van der Waals surface area contributed by atoms with Crippen molar-refractivity contribution in [1.82, 2.24) is 5.32 Å². The summed E-state index contributed by atoms with van der Waals surface area (Å²) in [5.41, 5.74) is 1.33. The SMILES string of the molecule is CCNC(CCOCC)Cc1ccc(OC)cc1. The molecule has 0 amide bonds. The second kappa shape index (κ2) is 8.95. The minimum Gasteiger partial charge on any atom is -0.497 e. The van der Waals surface area contributed by atoms with Crippen molar-refractivity contribution in [2.24, 2.45) is 0 Å². The second-order valence-corrected chi connectivity index (χ2v) is 4.29. The molecule has 0 fully saturated rings. The number of likely N-dealkylation sites (N-methyl/N-ethyl adjacent to an activating group) is 1. The van der Waals surface area contributed by atoms with E-state index in [1.807, 2.05) is 19.1 Å². The van der Waals surface area contributed by atoms with Crippen LogP contribution in [0, 0.1) is 0 Å². The molecule has 1 aromatic rings. The van der Waals surface area contributed by atoms with E-state index in [9.17, 15) is 0 Å². The van der Waals surface area contributed by atoms with Gasteiger partial charge in [-0.3, -0.25) is 0 Å². The number of benzene rings is 1. The van der Waals surface area contributed by atoms with Crippen molar-refractivity contribution in [2.45, 2.75) is 32.7 Å². The normalized spacial score (nSPS) is 12.4. The Kier molecular flexibility index (Phi) is 7.46. The van der Waals surface area contributed by atoms with Gasteiger partial charge in [0.05, 0.1) is 7.11 Å². The zero-order valence-corrected chi connectivity index (χ0v) is 11.7. The molecule has 0 aliphatic rings. The van der Waals surface area contributed by atoms with Crippen molar-refractivity contribution in [1.29, 1.82) is 0 Å². The highest BCUT2D eigenvalue weighted by atomic mass is 16.5. The molecular formula is C15H25NO2. The van der Waals surface area contributed by atoms with Gasteiger partial charge in [-0.25, -0.2) is 0 Å². The van der Waals surface area contributed by atoms with Crippen LogP contribution in [0.2, 0.25) is 0 Å². The van der Waals surface area contributed by atoms with E-state index in [1.165, 1.54) is 5.56 Å². The van der Waals surface area contributed by atoms with E-state index in [-0.39, 0.29) is 0 Å². The van der Waals surface area contributed by atoms with Crippen molar-refractivity contribution in [2.75, 3.05) is 26.9 Å². The molecule has 3 heteroatoms. The molecule has 0 saturated heterocycles. The molecule has 1 rings (SSSR count). The fourth-order valence-corrected chi connectivity index (χ4v) is 1.98. The summed E-state index contributed by atoms with van der Waals surface area (Å²) in [6, 6.07) is 8.77. The maximum absolute atomic E-state index is 5.42. The molecule has 1 aromatic carbocycles. The highest BCUT2D eigenvalue weighted by molar-refractivity contribution is 5.27. The number of nitrogens with one attached hydrogen (secondary N) is 1. The van der Waals surface area contributed by atoms with Gasteiger partial charge >= 0.3 is 0 Å². The van der Waals surface area contributed by atoms with Gasteiger partial charge in [-0.15, -0.1) is 0 Å². The Balaban J connectivity index is 2.47. The van der Waals surface area contributed by atoms with Crippen molar-refractivity contribution in [3.8, 4) is 5.75 Å². The summed E-state index contributed by atoms with van der Waals surface area (Å²) < 4.78 is 10.6. The van der Waals surface area contributed by atoms with Gasteiger partial charge in [0.15, 0.2) is 0 Å². The van der Waals surface area contributed by atoms with Crippen LogP contribution in [0.15, 0.2) is 24.3 Å². The Morgan fingerprint density at radius 2 is 1.89 bits per heavy atom. The average molecular weight is 251 g/mol. The molecule has 0 aromatic heterocycles. The van der Waals surface area contributed by atoms with E-state index < -0.39 is 0 Å². The molecule has 102 valence electrons. The van der Waals surface area contributed by atoms with Crippen LogP contribution in [0.1, 0.15) is 25.8 Å². The Labute approximate surface area is 110 Å². The summed E-state index contributed by atoms with van der Waals surface area (Å²) in [6.45, 7) is 6.78. The van der Waals surface area contributed by atoms with Gasteiger partial charge in [-0.05, 0) is 44.0 Å². The third-order valence-electron chi connectivity index (χ3n) is 2.95. The topological polar surface area (TPSA) is 30.5 Å². The molecule has 0 aliphatic heterocycles. The average Bonchev–Trinajstić information content (AvgIpc) is 2.40. The summed E-state index contributed by atoms with van der Waals surface area (Å²) in [5, 5.41) is 3.51. The van der Waals surface area contributed by atoms with Crippen molar-refractivity contribution in [3.63, 3.8) is 0 Å². The molecule has 1 N–H and O–H groups in total. The lowest BCUT2D eigenvalue weighted by atomic mass is 10.0. The molecule has 0 bridgehead atoms. The lowest BCUT2D eigenvalue weighted by Crippen LogP contribution is -2.32. The predicted octanol–water partition coefficient (Wildman–Crippen LogP) is 2.64. The van der Waals surface area contributed by atoms with Crippen LogP contribution in [0.4, 0.5) is 0 Å². The van der Waals surface area contributed by atoms with Gasteiger partial charge in [0.1, 0.15) is 5.75 Å². The molecule has 0 aliphatic carbocycles. The monoisotopic (exact) mass is 251 g/mol. The Hall–Kier alpha value is -1.06. The van der Waals surface area contributed by atoms with E-state index in [1.54, 1.807) is 7.11 Å². The zero-order chi connectivity index (χ0) is 13.2. The van der Waals surface area contributed by atoms with Crippen LogP contribution < -0.4 is 10.1 Å². The molecule has 18 heavy (non-hydrogen) atoms. The van der Waals surface area contributed by atoms with Gasteiger partial charge in [-0.1, -0.05) is 19.1 Å². The molecular weight excluding hydrogens is 226 g/mol. The summed E-state index contributed by atoms with van der Waals surface area (Å²) in [6.07, 6.45) is 2.08. The van der Waals surface area contributed by atoms with E-state index in [2.05, 4.69) is 24.4 Å². The molecule has 1 atom stereocenters. The van der Waals surface area contributed by atoms with Gasteiger partial charge in [0, 0.05) is 19.3 Å². The Bertz CT molecular complexity index is 311. The lowest BCUT2D eigenvalue weighted by Gasteiger charge is -2.18. The van der Waals surface area contributed by atoms with Crippen LogP contribution in [0.5, 0.6) is 5.75 Å². The smallest absolute Gasteiger partial charge is 0.118 e.